The molecule has 0 fully saturated rings. The van der Waals surface area contributed by atoms with Gasteiger partial charge in [0, 0.05) is 19.7 Å². The molecule has 0 aliphatic heterocycles. The summed E-state index contributed by atoms with van der Waals surface area (Å²) in [6, 6.07) is 3.36. The Morgan fingerprint density at radius 1 is 1.26 bits per heavy atom. The van der Waals surface area contributed by atoms with Gasteiger partial charge in [-0.25, -0.2) is 13.6 Å². The first-order chi connectivity index (χ1) is 12.7. The largest absolute Gasteiger partial charge is 0.463 e. The number of likely N-dealkylation sites (N-methyl/N-ethyl adjacent to an activating group) is 1. The van der Waals surface area contributed by atoms with Crippen LogP contribution in [0.5, 0.6) is 0 Å². The SMILES string of the molecule is CCOC(=O)C=c1sc(=Cc2c(F)cccc2F)c(=O)n1CC(=O)N(C)C. The molecule has 0 unspecified atom stereocenters. The van der Waals surface area contributed by atoms with E-state index in [1.54, 1.807) is 6.92 Å². The minimum Gasteiger partial charge on any atom is -0.463 e. The minimum atomic E-state index is -0.824. The van der Waals surface area contributed by atoms with Gasteiger partial charge in [-0.2, -0.15) is 0 Å². The maximum Gasteiger partial charge on any atom is 0.333 e. The van der Waals surface area contributed by atoms with Gasteiger partial charge in [0.1, 0.15) is 22.8 Å². The number of hydrogen-bond donors (Lipinski definition) is 0. The van der Waals surface area contributed by atoms with Gasteiger partial charge in [0.15, 0.2) is 0 Å². The Kier molecular flexibility index (Phi) is 6.62. The van der Waals surface area contributed by atoms with Crippen molar-refractivity contribution in [1.29, 1.82) is 0 Å². The van der Waals surface area contributed by atoms with E-state index in [0.717, 1.165) is 40.2 Å². The molecule has 0 aliphatic rings. The zero-order valence-electron chi connectivity index (χ0n) is 15.0. The first-order valence-electron chi connectivity index (χ1n) is 7.98. The molecule has 1 amide bonds. The van der Waals surface area contributed by atoms with Crippen molar-refractivity contribution in [2.24, 2.45) is 0 Å². The Morgan fingerprint density at radius 3 is 2.44 bits per heavy atom. The maximum absolute atomic E-state index is 13.9. The summed E-state index contributed by atoms with van der Waals surface area (Å²) in [6.07, 6.45) is 2.14. The lowest BCUT2D eigenvalue weighted by atomic mass is 10.2. The van der Waals surface area contributed by atoms with E-state index in [1.807, 2.05) is 0 Å². The number of esters is 1. The smallest absolute Gasteiger partial charge is 0.333 e. The average Bonchev–Trinajstić information content (AvgIpc) is 2.87. The molecule has 1 heterocycles. The summed E-state index contributed by atoms with van der Waals surface area (Å²) >= 11 is 0.841. The molecule has 0 N–H and O–H groups in total. The zero-order valence-corrected chi connectivity index (χ0v) is 15.8. The van der Waals surface area contributed by atoms with Crippen molar-refractivity contribution in [2.75, 3.05) is 20.7 Å². The fraction of sp³-hybridized carbons (Fsp3) is 0.278. The van der Waals surface area contributed by atoms with E-state index in [9.17, 15) is 23.2 Å². The first-order valence-corrected chi connectivity index (χ1v) is 8.80. The second kappa shape index (κ2) is 8.72. The number of nitrogens with zero attached hydrogens (tertiary/aromatic N) is 2. The van der Waals surface area contributed by atoms with E-state index in [2.05, 4.69) is 0 Å². The summed E-state index contributed by atoms with van der Waals surface area (Å²) in [5.74, 6) is -2.71. The minimum absolute atomic E-state index is 0.0129. The third-order valence-corrected chi connectivity index (χ3v) is 4.59. The van der Waals surface area contributed by atoms with Crippen molar-refractivity contribution in [3.63, 3.8) is 0 Å². The molecule has 0 saturated carbocycles. The highest BCUT2D eigenvalue weighted by Gasteiger charge is 2.13. The van der Waals surface area contributed by atoms with Gasteiger partial charge in [0.2, 0.25) is 5.91 Å². The van der Waals surface area contributed by atoms with Crippen LogP contribution in [0.3, 0.4) is 0 Å². The lowest BCUT2D eigenvalue weighted by molar-refractivity contribution is -0.135. The highest BCUT2D eigenvalue weighted by atomic mass is 32.1. The molecule has 0 radical (unpaired) electrons. The maximum atomic E-state index is 13.9. The molecule has 1 aromatic carbocycles. The van der Waals surface area contributed by atoms with Crippen LogP contribution in [0.2, 0.25) is 0 Å². The Morgan fingerprint density at radius 2 is 1.89 bits per heavy atom. The van der Waals surface area contributed by atoms with Crippen molar-refractivity contribution in [2.45, 2.75) is 13.5 Å². The van der Waals surface area contributed by atoms with Gasteiger partial charge in [-0.15, -0.1) is 11.3 Å². The number of ether oxygens (including phenoxy) is 1. The lowest BCUT2D eigenvalue weighted by Gasteiger charge is -2.10. The Labute approximate surface area is 157 Å². The third-order valence-electron chi connectivity index (χ3n) is 3.53. The second-order valence-electron chi connectivity index (χ2n) is 5.66. The van der Waals surface area contributed by atoms with Crippen LogP contribution >= 0.6 is 11.3 Å². The van der Waals surface area contributed by atoms with E-state index >= 15 is 0 Å². The summed E-state index contributed by atoms with van der Waals surface area (Å²) in [5, 5.41) is 0. The predicted octanol–water partition coefficient (Wildman–Crippen LogP) is 0.449. The number of thiazole rings is 1. The molecule has 6 nitrogen and oxygen atoms in total. The van der Waals surface area contributed by atoms with Gasteiger partial charge in [0.25, 0.3) is 5.56 Å². The van der Waals surface area contributed by atoms with Crippen molar-refractivity contribution < 1.29 is 23.1 Å². The lowest BCUT2D eigenvalue weighted by Crippen LogP contribution is -2.38. The van der Waals surface area contributed by atoms with Gasteiger partial charge in [-0.1, -0.05) is 6.07 Å². The highest BCUT2D eigenvalue weighted by Crippen LogP contribution is 2.12. The number of aromatic nitrogens is 1. The van der Waals surface area contributed by atoms with Gasteiger partial charge >= 0.3 is 5.97 Å². The molecule has 0 spiro atoms. The number of amides is 1. The molecular weight excluding hydrogens is 378 g/mol. The predicted molar refractivity (Wildman–Crippen MR) is 97.5 cm³/mol. The van der Waals surface area contributed by atoms with Gasteiger partial charge in [0.05, 0.1) is 17.2 Å². The fourth-order valence-electron chi connectivity index (χ4n) is 2.13. The monoisotopic (exact) mass is 396 g/mol. The molecule has 2 aromatic rings. The molecule has 2 rings (SSSR count). The molecule has 9 heteroatoms. The van der Waals surface area contributed by atoms with Crippen LogP contribution in [0.1, 0.15) is 12.5 Å². The summed E-state index contributed by atoms with van der Waals surface area (Å²) < 4.78 is 33.8. The Hall–Kier alpha value is -2.81. The molecule has 0 atom stereocenters. The van der Waals surface area contributed by atoms with Gasteiger partial charge < -0.3 is 9.64 Å². The molecule has 0 bridgehead atoms. The first kappa shape index (κ1) is 20.5. The molecule has 144 valence electrons. The third kappa shape index (κ3) is 4.88. The van der Waals surface area contributed by atoms with Crippen molar-refractivity contribution in [3.8, 4) is 0 Å². The highest BCUT2D eigenvalue weighted by molar-refractivity contribution is 7.07. The molecule has 0 aliphatic carbocycles. The van der Waals surface area contributed by atoms with E-state index in [4.69, 9.17) is 4.74 Å². The van der Waals surface area contributed by atoms with Crippen LogP contribution in [-0.2, 0) is 20.9 Å². The molecule has 1 aromatic heterocycles. The number of carbonyl (C=O) groups is 2. The number of hydrogen-bond acceptors (Lipinski definition) is 5. The Bertz CT molecular complexity index is 1020. The summed E-state index contributed by atoms with van der Waals surface area (Å²) in [6.45, 7) is 1.45. The normalized spacial score (nSPS) is 12.3. The van der Waals surface area contributed by atoms with Crippen LogP contribution in [0.15, 0.2) is 23.0 Å². The summed E-state index contributed by atoms with van der Waals surface area (Å²) in [4.78, 5) is 37.7. The number of rotatable bonds is 5. The van der Waals surface area contributed by atoms with Gasteiger partial charge in [-0.05, 0) is 25.1 Å². The van der Waals surface area contributed by atoms with Crippen molar-refractivity contribution in [3.05, 3.63) is 54.9 Å². The number of halogens is 2. The van der Waals surface area contributed by atoms with Crippen molar-refractivity contribution in [1.82, 2.24) is 9.47 Å². The second-order valence-corrected chi connectivity index (χ2v) is 6.72. The molecular formula is C18H18F2N2O4S. The Balaban J connectivity index is 2.69. The van der Waals surface area contributed by atoms with Crippen LogP contribution in [-0.4, -0.2) is 42.0 Å². The standard InChI is InChI=1S/C18H18F2N2O4S/c1-4-26-17(24)9-16-22(10-15(23)21(2)3)18(25)14(27-16)8-11-12(19)6-5-7-13(11)20/h5-9H,4,10H2,1-3H3. The van der Waals surface area contributed by atoms with E-state index in [1.165, 1.54) is 25.1 Å². The van der Waals surface area contributed by atoms with Crippen LogP contribution in [0, 0.1) is 11.6 Å². The quantitative estimate of drug-likeness (QED) is 0.689. The van der Waals surface area contributed by atoms with Crippen LogP contribution in [0.25, 0.3) is 12.2 Å². The topological polar surface area (TPSA) is 68.6 Å². The molecule has 27 heavy (non-hydrogen) atoms. The number of carbonyl (C=O) groups excluding carboxylic acids is 2. The van der Waals surface area contributed by atoms with Crippen molar-refractivity contribution >= 4 is 35.4 Å². The fourth-order valence-corrected chi connectivity index (χ4v) is 3.15. The van der Waals surface area contributed by atoms with E-state index in [-0.39, 0.29) is 33.8 Å². The van der Waals surface area contributed by atoms with E-state index in [0.29, 0.717) is 0 Å². The van der Waals surface area contributed by atoms with Crippen LogP contribution < -0.4 is 14.8 Å². The summed E-state index contributed by atoms with van der Waals surface area (Å²) in [5.41, 5.74) is -1.00. The van der Waals surface area contributed by atoms with Gasteiger partial charge in [-0.3, -0.25) is 14.2 Å². The molecule has 0 saturated heterocycles. The van der Waals surface area contributed by atoms with Crippen LogP contribution in [0.4, 0.5) is 8.78 Å². The number of benzene rings is 1. The zero-order chi connectivity index (χ0) is 20.1. The summed E-state index contributed by atoms with van der Waals surface area (Å²) in [7, 11) is 3.05. The average molecular weight is 396 g/mol. The van der Waals surface area contributed by atoms with E-state index < -0.39 is 23.2 Å².